The predicted octanol–water partition coefficient (Wildman–Crippen LogP) is 2.35. The van der Waals surface area contributed by atoms with Gasteiger partial charge >= 0.3 is 0 Å². The highest BCUT2D eigenvalue weighted by molar-refractivity contribution is 7.92. The van der Waals surface area contributed by atoms with Crippen molar-refractivity contribution in [1.82, 2.24) is 9.80 Å². The summed E-state index contributed by atoms with van der Waals surface area (Å²) in [6.45, 7) is 4.03. The molecule has 3 rings (SSSR count). The van der Waals surface area contributed by atoms with E-state index in [4.69, 9.17) is 0 Å². The number of nitrogens with zero attached hydrogens (tertiary/aromatic N) is 2. The molecule has 0 aliphatic carbocycles. The maximum atomic E-state index is 12.8. The molecule has 0 bridgehead atoms. The van der Waals surface area contributed by atoms with Crippen molar-refractivity contribution in [2.24, 2.45) is 0 Å². The Morgan fingerprint density at radius 3 is 2.03 bits per heavy atom. The number of hydrogen-bond acceptors (Lipinski definition) is 4. The van der Waals surface area contributed by atoms with Crippen LogP contribution in [0.25, 0.3) is 0 Å². The Bertz CT molecular complexity index is 1000. The molecule has 1 N–H and O–H groups in total. The Hall–Kier alpha value is -2.87. The summed E-state index contributed by atoms with van der Waals surface area (Å²) in [5, 5.41) is 0. The number of sulfonamides is 1. The number of aryl methyl sites for hydroxylation is 1. The first-order valence-corrected chi connectivity index (χ1v) is 11.4. The van der Waals surface area contributed by atoms with E-state index in [1.165, 1.54) is 0 Å². The summed E-state index contributed by atoms with van der Waals surface area (Å²) in [6, 6.07) is 13.9. The van der Waals surface area contributed by atoms with Crippen LogP contribution in [0.3, 0.4) is 0 Å². The topological polar surface area (TPSA) is 86.8 Å². The predicted molar refractivity (Wildman–Crippen MR) is 113 cm³/mol. The van der Waals surface area contributed by atoms with Crippen LogP contribution in [0.2, 0.25) is 0 Å². The lowest BCUT2D eigenvalue weighted by atomic mass is 10.1. The second kappa shape index (κ2) is 8.65. The molecule has 154 valence electrons. The van der Waals surface area contributed by atoms with Crippen LogP contribution in [0, 0.1) is 6.92 Å². The van der Waals surface area contributed by atoms with Gasteiger partial charge in [0, 0.05) is 43.0 Å². The molecular weight excluding hydrogens is 390 g/mol. The van der Waals surface area contributed by atoms with Gasteiger partial charge in [-0.05, 0) is 49.2 Å². The summed E-state index contributed by atoms with van der Waals surface area (Å²) in [5.74, 6) is -0.130. The summed E-state index contributed by atoms with van der Waals surface area (Å²) in [4.78, 5) is 29.2. The van der Waals surface area contributed by atoms with Crippen molar-refractivity contribution in [1.29, 1.82) is 0 Å². The minimum absolute atomic E-state index is 0.00592. The van der Waals surface area contributed by atoms with Crippen LogP contribution in [0.5, 0.6) is 0 Å². The summed E-state index contributed by atoms with van der Waals surface area (Å²) in [7, 11) is -3.36. The van der Waals surface area contributed by atoms with Gasteiger partial charge in [-0.15, -0.1) is 0 Å². The summed E-state index contributed by atoms with van der Waals surface area (Å²) < 4.78 is 25.0. The van der Waals surface area contributed by atoms with Crippen LogP contribution in [0.15, 0.2) is 48.5 Å². The molecule has 0 unspecified atom stereocenters. The van der Waals surface area contributed by atoms with Gasteiger partial charge in [0.2, 0.25) is 10.0 Å². The normalized spacial score (nSPS) is 15.0. The van der Waals surface area contributed by atoms with E-state index in [2.05, 4.69) is 4.72 Å². The number of benzene rings is 2. The zero-order chi connectivity index (χ0) is 21.0. The molecule has 0 saturated carbocycles. The molecule has 2 aromatic carbocycles. The lowest BCUT2D eigenvalue weighted by Gasteiger charge is -2.23. The van der Waals surface area contributed by atoms with Crippen LogP contribution < -0.4 is 4.72 Å². The quantitative estimate of drug-likeness (QED) is 0.831. The van der Waals surface area contributed by atoms with Crippen LogP contribution in [0.1, 0.15) is 32.7 Å². The first-order chi connectivity index (χ1) is 13.7. The average Bonchev–Trinajstić information content (AvgIpc) is 2.93. The third-order valence-corrected chi connectivity index (χ3v) is 5.49. The second-order valence-electron chi connectivity index (χ2n) is 7.20. The van der Waals surface area contributed by atoms with Gasteiger partial charge in [0.05, 0.1) is 6.26 Å². The number of nitrogens with one attached hydrogen (secondary N) is 1. The Balaban J connectivity index is 1.65. The van der Waals surface area contributed by atoms with Gasteiger partial charge in [-0.2, -0.15) is 0 Å². The largest absolute Gasteiger partial charge is 0.337 e. The van der Waals surface area contributed by atoms with Crippen LogP contribution in [-0.2, 0) is 10.0 Å². The molecule has 0 atom stereocenters. The lowest BCUT2D eigenvalue weighted by molar-refractivity contribution is 0.0718. The summed E-state index contributed by atoms with van der Waals surface area (Å²) in [6.07, 6.45) is 1.78. The fraction of sp³-hybridized carbons (Fsp3) is 0.333. The van der Waals surface area contributed by atoms with Crippen molar-refractivity contribution in [3.05, 3.63) is 65.2 Å². The number of carbonyl (C=O) groups is 2. The molecule has 1 aliphatic heterocycles. The number of rotatable bonds is 4. The van der Waals surface area contributed by atoms with E-state index in [9.17, 15) is 18.0 Å². The Morgan fingerprint density at radius 2 is 1.45 bits per heavy atom. The number of carbonyl (C=O) groups excluding carboxylic acids is 2. The molecule has 0 radical (unpaired) electrons. The molecule has 8 heteroatoms. The van der Waals surface area contributed by atoms with E-state index in [1.807, 2.05) is 31.2 Å². The second-order valence-corrected chi connectivity index (χ2v) is 8.95. The molecule has 0 spiro atoms. The number of anilines is 1. The van der Waals surface area contributed by atoms with E-state index in [-0.39, 0.29) is 11.8 Å². The highest BCUT2D eigenvalue weighted by atomic mass is 32.2. The van der Waals surface area contributed by atoms with Gasteiger partial charge in [0.1, 0.15) is 0 Å². The molecule has 7 nitrogen and oxygen atoms in total. The minimum Gasteiger partial charge on any atom is -0.337 e. The first kappa shape index (κ1) is 20.9. The van der Waals surface area contributed by atoms with Crippen molar-refractivity contribution < 1.29 is 18.0 Å². The zero-order valence-electron chi connectivity index (χ0n) is 16.6. The molecule has 1 saturated heterocycles. The standard InChI is InChI=1S/C21H25N3O4S/c1-16-6-3-4-7-19(16)21(26)24-13-5-12-23(14-15-24)20(25)17-8-10-18(11-9-17)22-29(2,27)28/h3-4,6-11,22H,5,12-15H2,1-2H3. The van der Waals surface area contributed by atoms with Crippen LogP contribution in [0.4, 0.5) is 5.69 Å². The van der Waals surface area contributed by atoms with Crippen LogP contribution in [-0.4, -0.2) is 62.5 Å². The van der Waals surface area contributed by atoms with E-state index >= 15 is 0 Å². The van der Waals surface area contributed by atoms with Gasteiger partial charge in [0.15, 0.2) is 0 Å². The van der Waals surface area contributed by atoms with Gasteiger partial charge in [0.25, 0.3) is 11.8 Å². The van der Waals surface area contributed by atoms with Crippen molar-refractivity contribution in [2.45, 2.75) is 13.3 Å². The molecule has 0 aromatic heterocycles. The molecule has 2 aromatic rings. The summed E-state index contributed by atoms with van der Waals surface area (Å²) >= 11 is 0. The maximum Gasteiger partial charge on any atom is 0.254 e. The van der Waals surface area contributed by atoms with Crippen molar-refractivity contribution in [2.75, 3.05) is 37.2 Å². The molecule has 1 heterocycles. The lowest BCUT2D eigenvalue weighted by Crippen LogP contribution is -2.37. The van der Waals surface area contributed by atoms with E-state index < -0.39 is 10.0 Å². The number of hydrogen-bond donors (Lipinski definition) is 1. The van der Waals surface area contributed by atoms with Gasteiger partial charge in [-0.1, -0.05) is 18.2 Å². The Kier molecular flexibility index (Phi) is 6.22. The smallest absolute Gasteiger partial charge is 0.254 e. The minimum atomic E-state index is -3.36. The maximum absolute atomic E-state index is 12.8. The molecular formula is C21H25N3O4S. The third-order valence-electron chi connectivity index (χ3n) is 4.88. The SMILES string of the molecule is Cc1ccccc1C(=O)N1CCCN(C(=O)c2ccc(NS(C)(=O)=O)cc2)CC1. The van der Waals surface area contributed by atoms with Crippen molar-refractivity contribution in [3.63, 3.8) is 0 Å². The molecule has 1 fully saturated rings. The highest BCUT2D eigenvalue weighted by Crippen LogP contribution is 2.16. The van der Waals surface area contributed by atoms with E-state index in [0.717, 1.165) is 11.8 Å². The highest BCUT2D eigenvalue weighted by Gasteiger charge is 2.24. The van der Waals surface area contributed by atoms with Crippen molar-refractivity contribution >= 4 is 27.5 Å². The third kappa shape index (κ3) is 5.35. The van der Waals surface area contributed by atoms with E-state index in [1.54, 1.807) is 34.1 Å². The summed E-state index contributed by atoms with van der Waals surface area (Å²) in [5.41, 5.74) is 2.54. The van der Waals surface area contributed by atoms with Gasteiger partial charge in [-0.25, -0.2) is 8.42 Å². The zero-order valence-corrected chi connectivity index (χ0v) is 17.4. The number of amides is 2. The average molecular weight is 416 g/mol. The Morgan fingerprint density at radius 1 is 0.862 bits per heavy atom. The van der Waals surface area contributed by atoms with E-state index in [0.29, 0.717) is 49.4 Å². The fourth-order valence-electron chi connectivity index (χ4n) is 3.38. The molecule has 1 aliphatic rings. The molecule has 29 heavy (non-hydrogen) atoms. The first-order valence-electron chi connectivity index (χ1n) is 9.46. The molecule has 2 amide bonds. The van der Waals surface area contributed by atoms with Crippen LogP contribution >= 0.6 is 0 Å². The Labute approximate surface area is 171 Å². The van der Waals surface area contributed by atoms with Crippen molar-refractivity contribution in [3.8, 4) is 0 Å². The fourth-order valence-corrected chi connectivity index (χ4v) is 3.95. The van der Waals surface area contributed by atoms with Gasteiger partial charge in [-0.3, -0.25) is 14.3 Å². The van der Waals surface area contributed by atoms with Gasteiger partial charge < -0.3 is 9.80 Å². The monoisotopic (exact) mass is 415 g/mol.